The van der Waals surface area contributed by atoms with Crippen molar-refractivity contribution in [1.82, 2.24) is 0 Å². The maximum Gasteiger partial charge on any atom is 0.339 e. The van der Waals surface area contributed by atoms with Crippen LogP contribution in [0.25, 0.3) is 0 Å². The normalized spacial score (nSPS) is 9.56. The molecule has 0 spiro atoms. The number of nitrogens with two attached hydrogens (primary N) is 1. The third-order valence-electron chi connectivity index (χ3n) is 2.09. The molecular weight excluding hydrogens is 234 g/mol. The molecule has 0 bridgehead atoms. The smallest absolute Gasteiger partial charge is 0.339 e. The molecule has 0 aliphatic carbocycles. The van der Waals surface area contributed by atoms with Crippen LogP contribution in [0.15, 0.2) is 18.2 Å². The molecule has 0 aromatic heterocycles. The Morgan fingerprint density at radius 1 is 1.50 bits per heavy atom. The lowest BCUT2D eigenvalue weighted by Gasteiger charge is -2.09. The number of carbonyl (C=O) groups excluding carboxylic acids is 1. The molecule has 0 amide bonds. The summed E-state index contributed by atoms with van der Waals surface area (Å²) < 4.78 is 10.1. The largest absolute Gasteiger partial charge is 0.491 e. The monoisotopic (exact) mass is 249 g/mol. The number of hydrogen-bond donors (Lipinski definition) is 2. The molecule has 5 nitrogen and oxygen atoms in total. The highest BCUT2D eigenvalue weighted by atomic mass is 16.5. The van der Waals surface area contributed by atoms with Crippen LogP contribution in [0.5, 0.6) is 5.75 Å². The number of rotatable bonds is 6. The van der Waals surface area contributed by atoms with Crippen molar-refractivity contribution >= 4 is 11.7 Å². The van der Waals surface area contributed by atoms with Crippen molar-refractivity contribution in [3.05, 3.63) is 23.8 Å². The van der Waals surface area contributed by atoms with Crippen molar-refractivity contribution in [2.45, 2.75) is 6.42 Å². The summed E-state index contributed by atoms with van der Waals surface area (Å²) in [6.45, 7) is 0.339. The van der Waals surface area contributed by atoms with Gasteiger partial charge in [-0.15, -0.1) is 6.42 Å². The lowest BCUT2D eigenvalue weighted by Crippen LogP contribution is -2.07. The van der Waals surface area contributed by atoms with E-state index in [0.29, 0.717) is 30.0 Å². The summed E-state index contributed by atoms with van der Waals surface area (Å²) in [5.41, 5.74) is 6.39. The van der Waals surface area contributed by atoms with Crippen LogP contribution in [0.4, 0.5) is 5.69 Å². The van der Waals surface area contributed by atoms with Gasteiger partial charge in [0, 0.05) is 13.0 Å². The fraction of sp³-hybridized carbons (Fsp3) is 0.308. The second-order valence-electron chi connectivity index (χ2n) is 3.46. The van der Waals surface area contributed by atoms with Crippen molar-refractivity contribution in [3.63, 3.8) is 0 Å². The van der Waals surface area contributed by atoms with Crippen LogP contribution in [-0.4, -0.2) is 30.9 Å². The van der Waals surface area contributed by atoms with Crippen LogP contribution >= 0.6 is 0 Å². The van der Waals surface area contributed by atoms with Gasteiger partial charge in [0.1, 0.15) is 5.75 Å². The molecule has 1 aromatic rings. The Kier molecular flexibility index (Phi) is 5.55. The lowest BCUT2D eigenvalue weighted by molar-refractivity contribution is 0.0557. The van der Waals surface area contributed by atoms with Gasteiger partial charge in [0.2, 0.25) is 0 Å². The summed E-state index contributed by atoms with van der Waals surface area (Å²) in [7, 11) is 0. The number of ether oxygens (including phenoxy) is 2. The minimum atomic E-state index is -0.526. The molecule has 96 valence electrons. The van der Waals surface area contributed by atoms with E-state index in [1.165, 1.54) is 6.07 Å². The molecule has 0 fully saturated rings. The van der Waals surface area contributed by atoms with Gasteiger partial charge < -0.3 is 20.3 Å². The van der Waals surface area contributed by atoms with E-state index in [9.17, 15) is 4.79 Å². The molecular formula is C13H15NO4. The van der Waals surface area contributed by atoms with Crippen LogP contribution in [0.3, 0.4) is 0 Å². The second-order valence-corrected chi connectivity index (χ2v) is 3.46. The van der Waals surface area contributed by atoms with Gasteiger partial charge in [-0.05, 0) is 18.2 Å². The lowest BCUT2D eigenvalue weighted by atomic mass is 10.2. The molecule has 1 rings (SSSR count). The van der Waals surface area contributed by atoms with Gasteiger partial charge in [-0.25, -0.2) is 4.79 Å². The highest BCUT2D eigenvalue weighted by molar-refractivity contribution is 5.91. The zero-order valence-corrected chi connectivity index (χ0v) is 9.89. The van der Waals surface area contributed by atoms with E-state index >= 15 is 0 Å². The molecule has 1 aromatic carbocycles. The Bertz CT molecular complexity index is 451. The van der Waals surface area contributed by atoms with Gasteiger partial charge in [0.25, 0.3) is 0 Å². The molecule has 0 radical (unpaired) electrons. The third kappa shape index (κ3) is 4.00. The van der Waals surface area contributed by atoms with Crippen LogP contribution in [0, 0.1) is 12.3 Å². The fourth-order valence-electron chi connectivity index (χ4n) is 1.24. The Morgan fingerprint density at radius 3 is 2.89 bits per heavy atom. The van der Waals surface area contributed by atoms with E-state index in [2.05, 4.69) is 5.92 Å². The van der Waals surface area contributed by atoms with E-state index < -0.39 is 5.97 Å². The Morgan fingerprint density at radius 2 is 2.28 bits per heavy atom. The first-order valence-corrected chi connectivity index (χ1v) is 5.42. The van der Waals surface area contributed by atoms with Crippen molar-refractivity contribution in [2.24, 2.45) is 0 Å². The molecule has 18 heavy (non-hydrogen) atoms. The minimum absolute atomic E-state index is 0.0520. The van der Waals surface area contributed by atoms with Gasteiger partial charge in [0.15, 0.2) is 6.61 Å². The number of terminal acetylenes is 1. The van der Waals surface area contributed by atoms with Gasteiger partial charge in [-0.2, -0.15) is 0 Å². The Balaban J connectivity index is 2.67. The number of benzene rings is 1. The predicted octanol–water partition coefficient (Wildman–Crippen LogP) is 0.820. The predicted molar refractivity (Wildman–Crippen MR) is 67.2 cm³/mol. The summed E-state index contributed by atoms with van der Waals surface area (Å²) in [4.78, 5) is 11.5. The topological polar surface area (TPSA) is 81.8 Å². The average Bonchev–Trinajstić information content (AvgIpc) is 2.38. The zero-order valence-electron chi connectivity index (χ0n) is 9.89. The standard InChI is InChI=1S/C13H15NO4/c1-2-7-18-13(16)10-4-5-12(11(14)9-10)17-8-3-6-15/h1,4-5,9,15H,3,6-8,14H2. The minimum Gasteiger partial charge on any atom is -0.491 e. The van der Waals surface area contributed by atoms with Gasteiger partial charge >= 0.3 is 5.97 Å². The SMILES string of the molecule is C#CCOC(=O)c1ccc(OCCCO)c(N)c1. The van der Waals surface area contributed by atoms with Crippen LogP contribution < -0.4 is 10.5 Å². The van der Waals surface area contributed by atoms with Crippen molar-refractivity contribution in [3.8, 4) is 18.1 Å². The molecule has 0 saturated carbocycles. The summed E-state index contributed by atoms with van der Waals surface area (Å²) in [5.74, 6) is 2.15. The van der Waals surface area contributed by atoms with Crippen LogP contribution in [0.1, 0.15) is 16.8 Å². The van der Waals surface area contributed by atoms with Crippen molar-refractivity contribution in [1.29, 1.82) is 0 Å². The summed E-state index contributed by atoms with van der Waals surface area (Å²) in [6, 6.07) is 4.59. The number of carbonyl (C=O) groups is 1. The zero-order chi connectivity index (χ0) is 13.4. The second kappa shape index (κ2) is 7.20. The molecule has 0 unspecified atom stereocenters. The number of anilines is 1. The first-order chi connectivity index (χ1) is 8.69. The van der Waals surface area contributed by atoms with Gasteiger partial charge in [0.05, 0.1) is 17.9 Å². The molecule has 0 atom stereocenters. The Hall–Kier alpha value is -2.19. The number of nitrogen functional groups attached to an aromatic ring is 1. The summed E-state index contributed by atoms with van der Waals surface area (Å²) in [5, 5.41) is 8.62. The van der Waals surface area contributed by atoms with Crippen molar-refractivity contribution in [2.75, 3.05) is 25.6 Å². The van der Waals surface area contributed by atoms with E-state index in [4.69, 9.17) is 26.7 Å². The number of hydrogen-bond acceptors (Lipinski definition) is 5. The molecule has 5 heteroatoms. The number of aliphatic hydroxyl groups excluding tert-OH is 1. The van der Waals surface area contributed by atoms with Gasteiger partial charge in [-0.1, -0.05) is 5.92 Å². The Labute approximate surface area is 106 Å². The number of aliphatic hydroxyl groups is 1. The van der Waals surface area contributed by atoms with Crippen LogP contribution in [0.2, 0.25) is 0 Å². The average molecular weight is 249 g/mol. The van der Waals surface area contributed by atoms with E-state index in [0.717, 1.165) is 0 Å². The maximum atomic E-state index is 11.5. The highest BCUT2D eigenvalue weighted by Gasteiger charge is 2.09. The molecule has 0 aliphatic rings. The van der Waals surface area contributed by atoms with Gasteiger partial charge in [-0.3, -0.25) is 0 Å². The first-order valence-electron chi connectivity index (χ1n) is 5.42. The first kappa shape index (κ1) is 13.9. The highest BCUT2D eigenvalue weighted by Crippen LogP contribution is 2.23. The van der Waals surface area contributed by atoms with E-state index in [-0.39, 0.29) is 13.2 Å². The number of esters is 1. The quantitative estimate of drug-likeness (QED) is 0.337. The molecule has 0 heterocycles. The maximum absolute atomic E-state index is 11.5. The van der Waals surface area contributed by atoms with E-state index in [1.807, 2.05) is 0 Å². The summed E-state index contributed by atoms with van der Waals surface area (Å²) >= 11 is 0. The summed E-state index contributed by atoms with van der Waals surface area (Å²) in [6.07, 6.45) is 5.50. The van der Waals surface area contributed by atoms with E-state index in [1.54, 1.807) is 12.1 Å². The third-order valence-corrected chi connectivity index (χ3v) is 2.09. The molecule has 3 N–H and O–H groups in total. The fourth-order valence-corrected chi connectivity index (χ4v) is 1.24. The van der Waals surface area contributed by atoms with Crippen molar-refractivity contribution < 1.29 is 19.4 Å². The van der Waals surface area contributed by atoms with Crippen LogP contribution in [-0.2, 0) is 4.74 Å². The molecule has 0 aliphatic heterocycles. The molecule has 0 saturated heterocycles.